The molecule has 2 N–H and O–H groups in total. The molecule has 0 aliphatic carbocycles. The summed E-state index contributed by atoms with van der Waals surface area (Å²) >= 11 is 0. The standard InChI is InChI=1S/C12H28N2Si/c1-6-9(4)13-12(11(15)8-3)14-10(5)7-2/h8-14H,3,6-7H2,1-2,4-5,15H3. The van der Waals surface area contributed by atoms with Gasteiger partial charge in [-0.15, -0.1) is 6.58 Å². The Balaban J connectivity index is 4.23. The van der Waals surface area contributed by atoms with Gasteiger partial charge < -0.3 is 0 Å². The molecule has 0 radical (unpaired) electrons. The first-order valence-corrected chi connectivity index (χ1v) is 7.35. The lowest BCUT2D eigenvalue weighted by atomic mass is 10.2. The summed E-state index contributed by atoms with van der Waals surface area (Å²) in [5.41, 5.74) is 0.591. The van der Waals surface area contributed by atoms with Gasteiger partial charge in [0.1, 0.15) is 0 Å². The second kappa shape index (κ2) is 8.08. The molecule has 0 amide bonds. The number of rotatable bonds is 8. The van der Waals surface area contributed by atoms with Crippen LogP contribution >= 0.6 is 0 Å². The van der Waals surface area contributed by atoms with Crippen LogP contribution < -0.4 is 10.6 Å². The second-order valence-electron chi connectivity index (χ2n) is 4.52. The molecule has 0 saturated carbocycles. The Kier molecular flexibility index (Phi) is 8.01. The minimum Gasteiger partial charge on any atom is -0.299 e. The Morgan fingerprint density at radius 2 is 1.53 bits per heavy atom. The van der Waals surface area contributed by atoms with Crippen LogP contribution in [0.5, 0.6) is 0 Å². The molecule has 0 rings (SSSR count). The minimum absolute atomic E-state index is 0.402. The molecule has 2 nitrogen and oxygen atoms in total. The number of hydrogen-bond acceptors (Lipinski definition) is 2. The lowest BCUT2D eigenvalue weighted by Crippen LogP contribution is -2.51. The summed E-state index contributed by atoms with van der Waals surface area (Å²) in [4.78, 5) is 0. The van der Waals surface area contributed by atoms with Crippen LogP contribution in [-0.4, -0.2) is 28.5 Å². The maximum atomic E-state index is 3.90. The third kappa shape index (κ3) is 6.13. The van der Waals surface area contributed by atoms with Crippen molar-refractivity contribution >= 4 is 10.2 Å². The van der Waals surface area contributed by atoms with Crippen LogP contribution in [0.2, 0.25) is 5.54 Å². The molecule has 3 heteroatoms. The first-order valence-electron chi connectivity index (χ1n) is 6.19. The van der Waals surface area contributed by atoms with E-state index in [1.807, 2.05) is 0 Å². The van der Waals surface area contributed by atoms with E-state index in [-0.39, 0.29) is 0 Å². The lowest BCUT2D eigenvalue weighted by Gasteiger charge is -2.30. The van der Waals surface area contributed by atoms with E-state index in [9.17, 15) is 0 Å². The minimum atomic E-state index is 0.402. The van der Waals surface area contributed by atoms with Crippen molar-refractivity contribution in [2.45, 2.75) is 64.3 Å². The lowest BCUT2D eigenvalue weighted by molar-refractivity contribution is 0.343. The Hall–Kier alpha value is -0.123. The molecule has 0 bridgehead atoms. The maximum absolute atomic E-state index is 3.90. The summed E-state index contributed by atoms with van der Waals surface area (Å²) in [7, 11) is 1.15. The quantitative estimate of drug-likeness (QED) is 0.373. The van der Waals surface area contributed by atoms with Gasteiger partial charge in [0, 0.05) is 22.3 Å². The van der Waals surface area contributed by atoms with Crippen LogP contribution in [0, 0.1) is 0 Å². The Labute approximate surface area is 98.3 Å². The first-order chi connectivity index (χ1) is 7.04. The van der Waals surface area contributed by atoms with Gasteiger partial charge in [0.15, 0.2) is 0 Å². The van der Waals surface area contributed by atoms with E-state index in [1.165, 1.54) is 12.8 Å². The fourth-order valence-electron chi connectivity index (χ4n) is 1.34. The zero-order valence-corrected chi connectivity index (χ0v) is 13.0. The molecule has 0 aliphatic rings. The zero-order valence-electron chi connectivity index (χ0n) is 11.0. The highest BCUT2D eigenvalue weighted by Gasteiger charge is 2.17. The monoisotopic (exact) mass is 228 g/mol. The molecular weight excluding hydrogens is 200 g/mol. The van der Waals surface area contributed by atoms with E-state index < -0.39 is 0 Å². The van der Waals surface area contributed by atoms with Crippen molar-refractivity contribution in [2.24, 2.45) is 0 Å². The smallest absolute Gasteiger partial charge is 0.0605 e. The molecule has 0 spiro atoms. The first kappa shape index (κ1) is 14.9. The summed E-state index contributed by atoms with van der Waals surface area (Å²) in [5.74, 6) is 0. The van der Waals surface area contributed by atoms with Crippen LogP contribution in [0.3, 0.4) is 0 Å². The summed E-state index contributed by atoms with van der Waals surface area (Å²) < 4.78 is 0. The van der Waals surface area contributed by atoms with Crippen molar-refractivity contribution in [3.8, 4) is 0 Å². The van der Waals surface area contributed by atoms with Crippen molar-refractivity contribution in [2.75, 3.05) is 0 Å². The predicted octanol–water partition coefficient (Wildman–Crippen LogP) is 1.43. The molecule has 15 heavy (non-hydrogen) atoms. The van der Waals surface area contributed by atoms with E-state index in [0.717, 1.165) is 10.2 Å². The van der Waals surface area contributed by atoms with Crippen LogP contribution in [0.4, 0.5) is 0 Å². The SMILES string of the molecule is C=CC([SiH3])C(NC(C)CC)NC(C)CC. The van der Waals surface area contributed by atoms with Crippen molar-refractivity contribution in [1.29, 1.82) is 0 Å². The normalized spacial score (nSPS) is 19.5. The molecule has 3 atom stereocenters. The van der Waals surface area contributed by atoms with Crippen LogP contribution in [0.15, 0.2) is 12.7 Å². The highest BCUT2D eigenvalue weighted by atomic mass is 28.1. The van der Waals surface area contributed by atoms with Crippen molar-refractivity contribution < 1.29 is 0 Å². The Morgan fingerprint density at radius 3 is 1.80 bits per heavy atom. The molecule has 90 valence electrons. The highest BCUT2D eigenvalue weighted by Crippen LogP contribution is 2.08. The van der Waals surface area contributed by atoms with Gasteiger partial charge in [-0.2, -0.15) is 0 Å². The van der Waals surface area contributed by atoms with E-state index in [2.05, 4.69) is 51.0 Å². The molecule has 3 unspecified atom stereocenters. The number of hydrogen-bond donors (Lipinski definition) is 2. The summed E-state index contributed by atoms with van der Waals surface area (Å²) in [5, 5.41) is 7.27. The second-order valence-corrected chi connectivity index (χ2v) is 5.86. The highest BCUT2D eigenvalue weighted by molar-refractivity contribution is 6.13. The van der Waals surface area contributed by atoms with Gasteiger partial charge in [-0.05, 0) is 32.2 Å². The average Bonchev–Trinajstić information content (AvgIpc) is 2.26. The van der Waals surface area contributed by atoms with Crippen molar-refractivity contribution in [1.82, 2.24) is 10.6 Å². The Bertz CT molecular complexity index is 161. The van der Waals surface area contributed by atoms with Gasteiger partial charge in [-0.1, -0.05) is 19.9 Å². The van der Waals surface area contributed by atoms with Crippen LogP contribution in [-0.2, 0) is 0 Å². The maximum Gasteiger partial charge on any atom is 0.0605 e. The molecule has 0 aromatic heterocycles. The van der Waals surface area contributed by atoms with E-state index in [1.54, 1.807) is 0 Å². The predicted molar refractivity (Wildman–Crippen MR) is 73.5 cm³/mol. The van der Waals surface area contributed by atoms with E-state index in [0.29, 0.717) is 23.8 Å². The summed E-state index contributed by atoms with van der Waals surface area (Å²) in [6.07, 6.45) is 4.81. The van der Waals surface area contributed by atoms with Gasteiger partial charge in [0.05, 0.1) is 6.17 Å². The van der Waals surface area contributed by atoms with Gasteiger partial charge >= 0.3 is 0 Å². The fourth-order valence-corrected chi connectivity index (χ4v) is 1.72. The molecule has 0 aromatic rings. The molecule has 0 heterocycles. The molecule has 0 aliphatic heterocycles. The van der Waals surface area contributed by atoms with Gasteiger partial charge in [-0.3, -0.25) is 10.6 Å². The molecular formula is C12H28N2Si. The van der Waals surface area contributed by atoms with Gasteiger partial charge in [-0.25, -0.2) is 0 Å². The van der Waals surface area contributed by atoms with E-state index >= 15 is 0 Å². The molecule has 0 fully saturated rings. The average molecular weight is 228 g/mol. The third-order valence-corrected chi connectivity index (χ3v) is 4.19. The zero-order chi connectivity index (χ0) is 11.8. The fraction of sp³-hybridized carbons (Fsp3) is 0.833. The van der Waals surface area contributed by atoms with E-state index in [4.69, 9.17) is 0 Å². The van der Waals surface area contributed by atoms with Crippen LogP contribution in [0.1, 0.15) is 40.5 Å². The van der Waals surface area contributed by atoms with Crippen molar-refractivity contribution in [3.05, 3.63) is 12.7 Å². The molecule has 0 saturated heterocycles. The van der Waals surface area contributed by atoms with Crippen molar-refractivity contribution in [3.63, 3.8) is 0 Å². The van der Waals surface area contributed by atoms with Crippen LogP contribution in [0.25, 0.3) is 0 Å². The summed E-state index contributed by atoms with van der Waals surface area (Å²) in [6.45, 7) is 12.8. The Morgan fingerprint density at radius 1 is 1.13 bits per heavy atom. The molecule has 0 aromatic carbocycles. The van der Waals surface area contributed by atoms with Gasteiger partial charge in [0.2, 0.25) is 0 Å². The third-order valence-electron chi connectivity index (χ3n) is 3.05. The summed E-state index contributed by atoms with van der Waals surface area (Å²) in [6, 6.07) is 1.14. The largest absolute Gasteiger partial charge is 0.299 e. The number of nitrogens with one attached hydrogen (secondary N) is 2. The van der Waals surface area contributed by atoms with Gasteiger partial charge in [0.25, 0.3) is 0 Å². The topological polar surface area (TPSA) is 24.1 Å².